The zero-order valence-electron chi connectivity index (χ0n) is 15.6. The fourth-order valence-corrected chi connectivity index (χ4v) is 6.68. The molecule has 6 aromatic carbocycles. The molecule has 0 aromatic heterocycles. The van der Waals surface area contributed by atoms with Gasteiger partial charge in [0.2, 0.25) is 0 Å². The van der Waals surface area contributed by atoms with Crippen LogP contribution in [0.1, 0.15) is 10.4 Å². The molecule has 0 radical (unpaired) electrons. The molecule has 0 saturated heterocycles. The third kappa shape index (κ3) is 2.43. The molecule has 29 heavy (non-hydrogen) atoms. The molecule has 0 aliphatic heterocycles. The van der Waals surface area contributed by atoms with Crippen LogP contribution in [-0.2, 0) is 0 Å². The Balaban J connectivity index is 1.82. The molecular weight excluding hydrogens is 419 g/mol. The number of rotatable bonds is 3. The second-order valence-corrected chi connectivity index (χ2v) is 9.59. The van der Waals surface area contributed by atoms with E-state index in [2.05, 4.69) is 84.9 Å². The number of fused-ring (bicyclic) bond motifs is 2. The van der Waals surface area contributed by atoms with Crippen molar-refractivity contribution in [3.05, 3.63) is 96.6 Å². The molecule has 136 valence electrons. The van der Waals surface area contributed by atoms with Crippen LogP contribution in [0.4, 0.5) is 0 Å². The first-order chi connectivity index (χ1) is 14.3. The molecule has 0 aliphatic carbocycles. The van der Waals surface area contributed by atoms with Gasteiger partial charge in [0.05, 0.1) is 0 Å². The monoisotopic (exact) mass is 436 g/mol. The van der Waals surface area contributed by atoms with Crippen molar-refractivity contribution in [2.45, 2.75) is 0 Å². The molecule has 0 atom stereocenters. The number of hydrogen-bond donors (Lipinski definition) is 0. The van der Waals surface area contributed by atoms with E-state index in [0.717, 1.165) is 11.8 Å². The third-order valence-electron chi connectivity index (χ3n) is 5.72. The Morgan fingerprint density at radius 2 is 1.21 bits per heavy atom. The zero-order valence-corrected chi connectivity index (χ0v) is 17.3. The van der Waals surface area contributed by atoms with Gasteiger partial charge in [-0.25, -0.2) is 0 Å². The van der Waals surface area contributed by atoms with Crippen LogP contribution in [0, 0.1) is 0 Å². The van der Waals surface area contributed by atoms with E-state index < -0.39 is 0 Å². The molecule has 0 fully saturated rings. The first kappa shape index (κ1) is 16.7. The molecule has 2 heteroatoms. The number of benzene rings is 6. The summed E-state index contributed by atoms with van der Waals surface area (Å²) in [6.45, 7) is 0. The van der Waals surface area contributed by atoms with Crippen LogP contribution in [-0.4, -0.2) is 21.2 Å². The Morgan fingerprint density at radius 1 is 0.586 bits per heavy atom. The van der Waals surface area contributed by atoms with Gasteiger partial charge < -0.3 is 0 Å². The van der Waals surface area contributed by atoms with Gasteiger partial charge in [0.15, 0.2) is 0 Å². The minimum atomic E-state index is 0.0671. The van der Waals surface area contributed by atoms with Gasteiger partial charge in [-0.05, 0) is 0 Å². The first-order valence-corrected chi connectivity index (χ1v) is 11.4. The van der Waals surface area contributed by atoms with Gasteiger partial charge in [-0.15, -0.1) is 0 Å². The standard InChI is InChI=1S/C27H16OSe/c28-16-18-15-24-22-12-5-8-17-7-4-11-20(25(17)22)21-13-6-14-23(26(21)24)27(18)29-19-9-2-1-3-10-19/h1-16H. The number of aldehydes is 1. The predicted molar refractivity (Wildman–Crippen MR) is 125 cm³/mol. The molecule has 0 unspecified atom stereocenters. The Labute approximate surface area is 174 Å². The van der Waals surface area contributed by atoms with Crippen molar-refractivity contribution in [2.75, 3.05) is 0 Å². The van der Waals surface area contributed by atoms with Gasteiger partial charge >= 0.3 is 175 Å². The normalized spacial score (nSPS) is 11.7. The van der Waals surface area contributed by atoms with E-state index in [4.69, 9.17) is 0 Å². The number of carbonyl (C=O) groups excluding carboxylic acids is 1. The van der Waals surface area contributed by atoms with Crippen LogP contribution < -0.4 is 8.92 Å². The second kappa shape index (κ2) is 6.42. The summed E-state index contributed by atoms with van der Waals surface area (Å²) in [5.74, 6) is 0. The summed E-state index contributed by atoms with van der Waals surface area (Å²) in [6.07, 6.45) is 1.03. The third-order valence-corrected chi connectivity index (χ3v) is 8.17. The molecule has 0 bridgehead atoms. The average Bonchev–Trinajstić information content (AvgIpc) is 2.78. The Bertz CT molecular complexity index is 1530. The maximum absolute atomic E-state index is 12.1. The van der Waals surface area contributed by atoms with Gasteiger partial charge in [0.25, 0.3) is 0 Å². The van der Waals surface area contributed by atoms with Crippen molar-refractivity contribution < 1.29 is 4.79 Å². The first-order valence-electron chi connectivity index (χ1n) is 9.65. The summed E-state index contributed by atoms with van der Waals surface area (Å²) in [6, 6.07) is 32.1. The quantitative estimate of drug-likeness (QED) is 0.162. The molecule has 1 nitrogen and oxygen atoms in total. The minimum absolute atomic E-state index is 0.0671. The zero-order chi connectivity index (χ0) is 19.4. The van der Waals surface area contributed by atoms with E-state index >= 15 is 0 Å². The van der Waals surface area contributed by atoms with Crippen LogP contribution in [0.5, 0.6) is 0 Å². The van der Waals surface area contributed by atoms with Crippen molar-refractivity contribution in [1.82, 2.24) is 0 Å². The molecule has 0 aliphatic rings. The second-order valence-electron chi connectivity index (χ2n) is 7.31. The van der Waals surface area contributed by atoms with Crippen molar-refractivity contribution in [3.8, 4) is 0 Å². The van der Waals surface area contributed by atoms with Gasteiger partial charge in [-0.1, -0.05) is 0 Å². The van der Waals surface area contributed by atoms with E-state index in [1.807, 2.05) is 6.07 Å². The van der Waals surface area contributed by atoms with Crippen LogP contribution in [0.15, 0.2) is 91.0 Å². The van der Waals surface area contributed by atoms with E-state index in [9.17, 15) is 4.79 Å². The summed E-state index contributed by atoms with van der Waals surface area (Å²) in [4.78, 5) is 12.1. The fraction of sp³-hybridized carbons (Fsp3) is 0. The SMILES string of the molecule is O=Cc1cc2c3cccc4cccc(c5cccc(c1[Se]c1ccccc1)c52)c43. The Morgan fingerprint density at radius 3 is 1.93 bits per heavy atom. The molecule has 6 rings (SSSR count). The molecule has 0 heterocycles. The number of hydrogen-bond acceptors (Lipinski definition) is 1. The number of carbonyl (C=O) groups is 1. The predicted octanol–water partition coefficient (Wildman–Crippen LogP) is 5.20. The summed E-state index contributed by atoms with van der Waals surface area (Å²) in [7, 11) is 0. The van der Waals surface area contributed by atoms with Crippen molar-refractivity contribution in [1.29, 1.82) is 0 Å². The van der Waals surface area contributed by atoms with Crippen LogP contribution in [0.25, 0.3) is 43.1 Å². The summed E-state index contributed by atoms with van der Waals surface area (Å²) in [5, 5.41) is 9.96. The van der Waals surface area contributed by atoms with Gasteiger partial charge in [0.1, 0.15) is 0 Å². The van der Waals surface area contributed by atoms with E-state index in [-0.39, 0.29) is 15.0 Å². The average molecular weight is 435 g/mol. The van der Waals surface area contributed by atoms with Crippen molar-refractivity contribution in [3.63, 3.8) is 0 Å². The van der Waals surface area contributed by atoms with Gasteiger partial charge in [-0.3, -0.25) is 0 Å². The molecule has 0 N–H and O–H groups in total. The molecule has 0 saturated carbocycles. The summed E-state index contributed by atoms with van der Waals surface area (Å²) in [5.41, 5.74) is 0.810. The van der Waals surface area contributed by atoms with Crippen molar-refractivity contribution >= 4 is 73.3 Å². The Hall–Kier alpha value is -3.19. The van der Waals surface area contributed by atoms with E-state index in [0.29, 0.717) is 0 Å². The van der Waals surface area contributed by atoms with Crippen LogP contribution in [0.3, 0.4) is 0 Å². The molecular formula is C27H16OSe. The van der Waals surface area contributed by atoms with E-state index in [1.54, 1.807) is 0 Å². The van der Waals surface area contributed by atoms with Crippen molar-refractivity contribution in [2.24, 2.45) is 0 Å². The Kier molecular flexibility index (Phi) is 3.70. The molecule has 0 spiro atoms. The molecule has 6 aromatic rings. The fourth-order valence-electron chi connectivity index (χ4n) is 4.52. The van der Waals surface area contributed by atoms with Gasteiger partial charge in [0, 0.05) is 0 Å². The van der Waals surface area contributed by atoms with E-state index in [1.165, 1.54) is 52.0 Å². The molecule has 0 amide bonds. The van der Waals surface area contributed by atoms with Gasteiger partial charge in [-0.2, -0.15) is 0 Å². The summed E-state index contributed by atoms with van der Waals surface area (Å²) >= 11 is 0.0671. The topological polar surface area (TPSA) is 17.1 Å². The van der Waals surface area contributed by atoms with Crippen LogP contribution >= 0.6 is 0 Å². The maximum atomic E-state index is 12.1. The summed E-state index contributed by atoms with van der Waals surface area (Å²) < 4.78 is 2.45. The van der Waals surface area contributed by atoms with Crippen LogP contribution in [0.2, 0.25) is 0 Å².